The maximum Gasteiger partial charge on any atom is 0.697 e. The topological polar surface area (TPSA) is 243 Å². The molecule has 6 N–H and O–H groups in total. The minimum absolute atomic E-state index is 0.0291. The van der Waals surface area contributed by atoms with E-state index in [4.69, 9.17) is 34.5 Å². The molecule has 22 heteroatoms. The van der Waals surface area contributed by atoms with Crippen molar-refractivity contribution < 1.29 is 41.8 Å². The normalized spacial score (nSPS) is 29.6. The zero-order chi connectivity index (χ0) is 31.3. The van der Waals surface area contributed by atoms with Gasteiger partial charge >= 0.3 is 15.0 Å². The number of nitrogens with two attached hydrogens (primary N) is 2. The lowest BCUT2D eigenvalue weighted by Gasteiger charge is -2.17. The van der Waals surface area contributed by atoms with Gasteiger partial charge in [-0.3, -0.25) is 9.13 Å². The van der Waals surface area contributed by atoms with E-state index in [-0.39, 0.29) is 41.2 Å². The summed E-state index contributed by atoms with van der Waals surface area (Å²) in [7, 11) is -2.92. The van der Waals surface area contributed by atoms with Crippen molar-refractivity contribution in [2.45, 2.75) is 50.8 Å². The van der Waals surface area contributed by atoms with E-state index < -0.39 is 58.5 Å². The Bertz CT molecular complexity index is 1740. The highest BCUT2D eigenvalue weighted by Crippen LogP contribution is 2.45. The lowest BCUT2D eigenvalue weighted by atomic mass is 9.93. The third-order valence-corrected chi connectivity index (χ3v) is 9.31. The lowest BCUT2D eigenvalue weighted by Crippen LogP contribution is -2.33. The third kappa shape index (κ3) is 5.90. The summed E-state index contributed by atoms with van der Waals surface area (Å²) in [5, 5.41) is 0. The van der Waals surface area contributed by atoms with Crippen LogP contribution >= 0.6 is 15.0 Å². The van der Waals surface area contributed by atoms with E-state index in [0.29, 0.717) is 11.2 Å². The second kappa shape index (κ2) is 12.1. The number of nitrogens with zero attached hydrogens (tertiary/aromatic N) is 8. The Hall–Kier alpha value is -2.90. The van der Waals surface area contributed by atoms with E-state index in [2.05, 4.69) is 41.7 Å². The van der Waals surface area contributed by atoms with Crippen molar-refractivity contribution in [1.82, 2.24) is 39.0 Å². The first-order valence-corrected chi connectivity index (χ1v) is 16.9. The van der Waals surface area contributed by atoms with Gasteiger partial charge in [0.2, 0.25) is 0 Å². The molecule has 0 radical (unpaired) electrons. The Morgan fingerprint density at radius 1 is 0.932 bits per heavy atom. The SMILES string of the molecule is C[C@@H]1[C@H](C)C(CO[P+](=O)O[C@H]2[C@@H](F)[C@H](n3cnc4c(N)ncnc43)O[C@@H]2COP(O)(O)=S)O[C@H]1n1cnc2c(N)ncnc21. The highest BCUT2D eigenvalue weighted by molar-refractivity contribution is 8.06. The van der Waals surface area contributed by atoms with Crippen molar-refractivity contribution in [3.63, 3.8) is 0 Å². The molecule has 44 heavy (non-hydrogen) atoms. The van der Waals surface area contributed by atoms with Gasteiger partial charge in [-0.25, -0.2) is 34.3 Å². The van der Waals surface area contributed by atoms with Crippen LogP contribution < -0.4 is 11.5 Å². The molecule has 2 fully saturated rings. The molecule has 2 aliphatic heterocycles. The molecule has 2 unspecified atom stereocenters. The van der Waals surface area contributed by atoms with Crippen LogP contribution in [-0.4, -0.2) is 86.5 Å². The van der Waals surface area contributed by atoms with Gasteiger partial charge in [-0.2, -0.15) is 0 Å². The molecule has 0 amide bonds. The Morgan fingerprint density at radius 2 is 1.50 bits per heavy atom. The second-order valence-electron chi connectivity index (χ2n) is 10.3. The number of halogens is 1. The van der Waals surface area contributed by atoms with Crippen molar-refractivity contribution in [3.05, 3.63) is 25.3 Å². The number of imidazole rings is 2. The standard InChI is InChI=1S/C22H27FN10O8P2S/c1-9-10(2)21(32-7-30-14-17(24)26-5-28-19(14)32)39-11(9)3-37-42(34)41-16-12(4-38-43(35,36)44)40-22(13(16)23)33-8-31-15-18(25)27-6-29-20(15)33/h5-13,16,21-22H,3-4H2,1-2H3,(H5-,24,25,26,27,28,29,35,36,44)/p+1/t9-,10+,11?,12+,13+,16+,21+,22+/m0/s1. The van der Waals surface area contributed by atoms with Crippen LogP contribution in [-0.2, 0) is 39.4 Å². The molecule has 18 nitrogen and oxygen atoms in total. The number of hydrogen-bond donors (Lipinski definition) is 4. The molecular formula is C22H28FN10O8P2S+. The van der Waals surface area contributed by atoms with Gasteiger partial charge in [0.05, 0.1) is 25.4 Å². The van der Waals surface area contributed by atoms with Crippen LogP contribution in [0.1, 0.15) is 26.3 Å². The molecule has 0 saturated carbocycles. The summed E-state index contributed by atoms with van der Waals surface area (Å²) in [6, 6.07) is 0. The number of hydrogen-bond acceptors (Lipinski definition) is 15. The van der Waals surface area contributed by atoms with Gasteiger partial charge in [-0.1, -0.05) is 13.8 Å². The summed E-state index contributed by atoms with van der Waals surface area (Å²) in [4.78, 5) is 43.7. The average Bonchev–Trinajstić information content (AvgIpc) is 3.73. The molecule has 2 saturated heterocycles. The number of ether oxygens (including phenoxy) is 2. The van der Waals surface area contributed by atoms with E-state index in [0.717, 1.165) is 0 Å². The third-order valence-electron chi connectivity index (χ3n) is 7.73. The first kappa shape index (κ1) is 31.1. The molecule has 0 aliphatic carbocycles. The maximum atomic E-state index is 15.9. The van der Waals surface area contributed by atoms with Gasteiger partial charge < -0.3 is 35.3 Å². The lowest BCUT2D eigenvalue weighted by molar-refractivity contribution is -0.0437. The summed E-state index contributed by atoms with van der Waals surface area (Å²) in [5.74, 6) is 0.229. The quantitative estimate of drug-likeness (QED) is 0.174. The Kier molecular flexibility index (Phi) is 8.57. The van der Waals surface area contributed by atoms with Crippen molar-refractivity contribution in [1.29, 1.82) is 0 Å². The van der Waals surface area contributed by atoms with Crippen LogP contribution in [0.3, 0.4) is 0 Å². The molecule has 4 aromatic rings. The monoisotopic (exact) mass is 673 g/mol. The first-order chi connectivity index (χ1) is 20.9. The second-order valence-corrected chi connectivity index (χ2v) is 13.9. The van der Waals surface area contributed by atoms with Crippen LogP contribution in [0.2, 0.25) is 0 Å². The number of nitrogen functional groups attached to an aromatic ring is 2. The molecule has 236 valence electrons. The van der Waals surface area contributed by atoms with Crippen molar-refractivity contribution in [3.8, 4) is 0 Å². The Labute approximate surface area is 254 Å². The minimum Gasteiger partial charge on any atom is -0.382 e. The van der Waals surface area contributed by atoms with Gasteiger partial charge in [-0.15, -0.1) is 9.05 Å². The van der Waals surface area contributed by atoms with Crippen molar-refractivity contribution in [2.75, 3.05) is 24.7 Å². The highest BCUT2D eigenvalue weighted by Gasteiger charge is 2.53. The van der Waals surface area contributed by atoms with Crippen molar-refractivity contribution in [2.24, 2.45) is 11.8 Å². The van der Waals surface area contributed by atoms with E-state index in [1.54, 1.807) is 10.9 Å². The molecule has 0 bridgehead atoms. The van der Waals surface area contributed by atoms with Crippen LogP contribution in [0.4, 0.5) is 16.0 Å². The zero-order valence-electron chi connectivity index (χ0n) is 23.1. The number of aromatic nitrogens is 8. The minimum atomic E-state index is -4.13. The van der Waals surface area contributed by atoms with Crippen LogP contribution in [0, 0.1) is 11.8 Å². The van der Waals surface area contributed by atoms with E-state index in [1.807, 2.05) is 13.8 Å². The van der Waals surface area contributed by atoms with Gasteiger partial charge in [0, 0.05) is 10.5 Å². The summed E-state index contributed by atoms with van der Waals surface area (Å²) >= 11 is 4.51. The molecule has 6 rings (SSSR count). The number of anilines is 2. The van der Waals surface area contributed by atoms with Crippen molar-refractivity contribution >= 4 is 60.7 Å². The summed E-state index contributed by atoms with van der Waals surface area (Å²) in [6.45, 7) is -0.915. The molecule has 4 aromatic heterocycles. The number of alkyl halides is 1. The van der Waals surface area contributed by atoms with Gasteiger partial charge in [0.15, 0.2) is 41.4 Å². The molecule has 0 aromatic carbocycles. The molecule has 2 aliphatic rings. The number of rotatable bonds is 10. The highest BCUT2D eigenvalue weighted by atomic mass is 32.5. The van der Waals surface area contributed by atoms with E-state index in [1.165, 1.54) is 23.5 Å². The van der Waals surface area contributed by atoms with Gasteiger partial charge in [0.1, 0.15) is 42.6 Å². The van der Waals surface area contributed by atoms with E-state index >= 15 is 4.39 Å². The summed E-state index contributed by atoms with van der Waals surface area (Å²) in [5.41, 5.74) is 13.1. The smallest absolute Gasteiger partial charge is 0.382 e. The predicted octanol–water partition coefficient (Wildman–Crippen LogP) is 1.52. The van der Waals surface area contributed by atoms with Gasteiger partial charge in [-0.05, 0) is 17.7 Å². The zero-order valence-corrected chi connectivity index (χ0v) is 25.7. The van der Waals surface area contributed by atoms with Crippen LogP contribution in [0.5, 0.6) is 0 Å². The molecular weight excluding hydrogens is 645 g/mol. The summed E-state index contributed by atoms with van der Waals surface area (Å²) < 4.78 is 59.8. The summed E-state index contributed by atoms with van der Waals surface area (Å²) in [6.07, 6.45) is -1.78. The average molecular weight is 674 g/mol. The fourth-order valence-corrected chi connectivity index (χ4v) is 6.56. The fraction of sp³-hybridized carbons (Fsp3) is 0.545. The van der Waals surface area contributed by atoms with Crippen LogP contribution in [0.25, 0.3) is 22.3 Å². The predicted molar refractivity (Wildman–Crippen MR) is 154 cm³/mol. The maximum absolute atomic E-state index is 15.9. The first-order valence-electron chi connectivity index (χ1n) is 13.2. The molecule has 0 spiro atoms. The number of fused-ring (bicyclic) bond motifs is 2. The molecule has 6 heterocycles. The van der Waals surface area contributed by atoms with E-state index in [9.17, 15) is 14.4 Å². The Morgan fingerprint density at radius 3 is 2.09 bits per heavy atom. The largest absolute Gasteiger partial charge is 0.697 e. The van der Waals surface area contributed by atoms with Gasteiger partial charge in [0.25, 0.3) is 0 Å². The fourth-order valence-electron chi connectivity index (χ4n) is 5.26. The Balaban J connectivity index is 1.14. The van der Waals surface area contributed by atoms with Crippen LogP contribution in [0.15, 0.2) is 25.3 Å². The molecule has 9 atom stereocenters.